The Kier molecular flexibility index (Phi) is 2.38. The van der Waals surface area contributed by atoms with Crippen molar-refractivity contribution in [2.45, 2.75) is 0 Å². The summed E-state index contributed by atoms with van der Waals surface area (Å²) in [7, 11) is 0. The smallest absolute Gasteiger partial charge is 0.226 e. The third kappa shape index (κ3) is 2.06. The highest BCUT2D eigenvalue weighted by molar-refractivity contribution is 5.86. The molecule has 0 spiro atoms. The molecule has 1 radical (unpaired) electrons. The van der Waals surface area contributed by atoms with E-state index in [-0.39, 0.29) is 0 Å². The first-order chi connectivity index (χ1) is 5.72. The van der Waals surface area contributed by atoms with Crippen molar-refractivity contribution in [3.63, 3.8) is 0 Å². The van der Waals surface area contributed by atoms with E-state index in [0.717, 1.165) is 0 Å². The number of rotatable bonds is 2. The fraction of sp³-hybridized carbons (Fsp3) is 0. The van der Waals surface area contributed by atoms with Gasteiger partial charge in [0.05, 0.1) is 6.42 Å². The summed E-state index contributed by atoms with van der Waals surface area (Å²) >= 11 is 0. The summed E-state index contributed by atoms with van der Waals surface area (Å²) in [5, 5.41) is 8.40. The summed E-state index contributed by atoms with van der Waals surface area (Å²) < 4.78 is 0. The second-order valence-corrected chi connectivity index (χ2v) is 2.14. The van der Waals surface area contributed by atoms with Crippen molar-refractivity contribution in [1.29, 1.82) is 5.26 Å². The molecule has 2 N–H and O–H groups in total. The Balaban J connectivity index is 2.80. The number of hydrogen-bond donors (Lipinski definition) is 1. The maximum absolute atomic E-state index is 10.4. The average molecular weight is 160 g/mol. The summed E-state index contributed by atoms with van der Waals surface area (Å²) in [6, 6.07) is 5.00. The van der Waals surface area contributed by atoms with Crippen molar-refractivity contribution in [3.8, 4) is 6.07 Å². The Labute approximate surface area is 69.6 Å². The first-order valence-electron chi connectivity index (χ1n) is 3.22. The fourth-order valence-electron chi connectivity index (χ4n) is 0.721. The van der Waals surface area contributed by atoms with Crippen LogP contribution in [0.1, 0.15) is 11.3 Å². The molecule has 1 amide bonds. The van der Waals surface area contributed by atoms with E-state index in [0.29, 0.717) is 11.3 Å². The number of carbonyl (C=O) groups is 1. The zero-order chi connectivity index (χ0) is 8.97. The molecule has 0 atom stereocenters. The molecule has 1 heterocycles. The van der Waals surface area contributed by atoms with Crippen LogP contribution in [-0.2, 0) is 4.79 Å². The third-order valence-corrected chi connectivity index (χ3v) is 1.21. The van der Waals surface area contributed by atoms with Crippen molar-refractivity contribution in [2.75, 3.05) is 0 Å². The van der Waals surface area contributed by atoms with E-state index >= 15 is 0 Å². The molecule has 1 aromatic heterocycles. The molecule has 1 aromatic rings. The molecule has 0 bridgehead atoms. The van der Waals surface area contributed by atoms with E-state index < -0.39 is 5.91 Å². The van der Waals surface area contributed by atoms with E-state index in [1.165, 1.54) is 18.7 Å². The molecular formula is C8H6N3O. The fourth-order valence-corrected chi connectivity index (χ4v) is 0.721. The Morgan fingerprint density at radius 1 is 1.67 bits per heavy atom. The van der Waals surface area contributed by atoms with Crippen LogP contribution in [0.25, 0.3) is 0 Å². The quantitative estimate of drug-likeness (QED) is 0.660. The van der Waals surface area contributed by atoms with Gasteiger partial charge in [-0.2, -0.15) is 5.26 Å². The lowest BCUT2D eigenvalue weighted by molar-refractivity contribution is -0.114. The van der Waals surface area contributed by atoms with E-state index in [1.54, 1.807) is 6.07 Å². The van der Waals surface area contributed by atoms with Gasteiger partial charge in [0.15, 0.2) is 0 Å². The summed E-state index contributed by atoms with van der Waals surface area (Å²) in [6.07, 6.45) is 2.66. The largest absolute Gasteiger partial charge is 0.369 e. The molecule has 4 heteroatoms. The number of nitriles is 1. The minimum Gasteiger partial charge on any atom is -0.369 e. The van der Waals surface area contributed by atoms with Crippen LogP contribution in [0, 0.1) is 17.8 Å². The van der Waals surface area contributed by atoms with Crippen LogP contribution < -0.4 is 5.73 Å². The van der Waals surface area contributed by atoms with Crippen molar-refractivity contribution < 1.29 is 4.79 Å². The van der Waals surface area contributed by atoms with Crippen molar-refractivity contribution in [1.82, 2.24) is 4.98 Å². The monoisotopic (exact) mass is 160 g/mol. The summed E-state index contributed by atoms with van der Waals surface area (Å²) in [6.45, 7) is 0. The van der Waals surface area contributed by atoms with Gasteiger partial charge in [-0.25, -0.2) is 4.98 Å². The molecule has 12 heavy (non-hydrogen) atoms. The highest BCUT2D eigenvalue weighted by atomic mass is 16.1. The standard InChI is InChI=1S/C8H6N3O/c9-4-7-2-1-6(5-11-7)3-8(10)12/h1-3,5H,(H2,10,12). The Bertz CT molecular complexity index is 323. The summed E-state index contributed by atoms with van der Waals surface area (Å²) in [4.78, 5) is 14.1. The number of primary amides is 1. The molecule has 0 fully saturated rings. The number of nitrogens with two attached hydrogens (primary N) is 1. The first-order valence-corrected chi connectivity index (χ1v) is 3.22. The molecule has 0 aliphatic heterocycles. The zero-order valence-corrected chi connectivity index (χ0v) is 6.19. The van der Waals surface area contributed by atoms with Crippen LogP contribution in [0.15, 0.2) is 18.3 Å². The van der Waals surface area contributed by atoms with Gasteiger partial charge < -0.3 is 5.73 Å². The zero-order valence-electron chi connectivity index (χ0n) is 6.19. The molecule has 0 aliphatic rings. The van der Waals surface area contributed by atoms with Crippen LogP contribution >= 0.6 is 0 Å². The highest BCUT2D eigenvalue weighted by Gasteiger charge is 1.99. The highest BCUT2D eigenvalue weighted by Crippen LogP contribution is 2.01. The molecule has 0 saturated heterocycles. The van der Waals surface area contributed by atoms with Gasteiger partial charge in [-0.3, -0.25) is 4.79 Å². The van der Waals surface area contributed by atoms with Crippen molar-refractivity contribution >= 4 is 5.91 Å². The molecule has 0 aliphatic carbocycles. The number of carbonyl (C=O) groups excluding carboxylic acids is 1. The lowest BCUT2D eigenvalue weighted by Gasteiger charge is -1.94. The normalized spacial score (nSPS) is 8.92. The molecule has 0 unspecified atom stereocenters. The van der Waals surface area contributed by atoms with Crippen molar-refractivity contribution in [3.05, 3.63) is 36.0 Å². The van der Waals surface area contributed by atoms with Gasteiger partial charge in [-0.05, 0) is 11.6 Å². The maximum Gasteiger partial charge on any atom is 0.226 e. The lowest BCUT2D eigenvalue weighted by atomic mass is 10.2. The molecule has 0 aromatic carbocycles. The Morgan fingerprint density at radius 2 is 2.42 bits per heavy atom. The molecule has 4 nitrogen and oxygen atoms in total. The number of nitrogens with zero attached hydrogens (tertiary/aromatic N) is 2. The molecular weight excluding hydrogens is 154 g/mol. The average Bonchev–Trinajstić information content (AvgIpc) is 2.05. The number of aromatic nitrogens is 1. The van der Waals surface area contributed by atoms with E-state index in [4.69, 9.17) is 11.0 Å². The van der Waals surface area contributed by atoms with Crippen LogP contribution in [-0.4, -0.2) is 10.9 Å². The SMILES string of the molecule is N#Cc1ccc([CH]C(N)=O)cn1. The minimum absolute atomic E-state index is 0.316. The van der Waals surface area contributed by atoms with Crippen LogP contribution in [0.2, 0.25) is 0 Å². The van der Waals surface area contributed by atoms with Gasteiger partial charge in [0.25, 0.3) is 0 Å². The van der Waals surface area contributed by atoms with E-state index in [2.05, 4.69) is 4.98 Å². The first kappa shape index (κ1) is 8.21. The van der Waals surface area contributed by atoms with Gasteiger partial charge in [-0.1, -0.05) is 6.07 Å². The summed E-state index contributed by atoms with van der Waals surface area (Å²) in [5.41, 5.74) is 5.82. The predicted molar refractivity (Wildman–Crippen MR) is 41.5 cm³/mol. The van der Waals surface area contributed by atoms with Gasteiger partial charge in [-0.15, -0.1) is 0 Å². The summed E-state index contributed by atoms with van der Waals surface area (Å²) in [5.74, 6) is -0.526. The van der Waals surface area contributed by atoms with Gasteiger partial charge in [0.2, 0.25) is 5.91 Å². The number of pyridine rings is 1. The van der Waals surface area contributed by atoms with Crippen LogP contribution in [0.3, 0.4) is 0 Å². The number of hydrogen-bond acceptors (Lipinski definition) is 3. The second-order valence-electron chi connectivity index (χ2n) is 2.14. The van der Waals surface area contributed by atoms with Gasteiger partial charge >= 0.3 is 0 Å². The number of amides is 1. The third-order valence-electron chi connectivity index (χ3n) is 1.21. The second kappa shape index (κ2) is 3.49. The molecule has 1 rings (SSSR count). The Hall–Kier alpha value is -1.89. The minimum atomic E-state index is -0.526. The van der Waals surface area contributed by atoms with E-state index in [9.17, 15) is 4.79 Å². The van der Waals surface area contributed by atoms with Gasteiger partial charge in [0.1, 0.15) is 11.8 Å². The molecule has 59 valence electrons. The molecule has 0 saturated carbocycles. The maximum atomic E-state index is 10.4. The van der Waals surface area contributed by atoms with Crippen LogP contribution in [0.5, 0.6) is 0 Å². The lowest BCUT2D eigenvalue weighted by Crippen LogP contribution is -2.11. The Morgan fingerprint density at radius 3 is 2.83 bits per heavy atom. The van der Waals surface area contributed by atoms with Gasteiger partial charge in [0, 0.05) is 6.20 Å². The predicted octanol–water partition coefficient (Wildman–Crippen LogP) is -0.00903. The topological polar surface area (TPSA) is 79.8 Å². The van der Waals surface area contributed by atoms with E-state index in [1.807, 2.05) is 6.07 Å². The van der Waals surface area contributed by atoms with Crippen molar-refractivity contribution in [2.24, 2.45) is 5.73 Å². The van der Waals surface area contributed by atoms with Crippen LogP contribution in [0.4, 0.5) is 0 Å².